The molecule has 1 unspecified atom stereocenters. The van der Waals surface area contributed by atoms with Gasteiger partial charge in [-0.3, -0.25) is 14.5 Å². The van der Waals surface area contributed by atoms with E-state index in [1.54, 1.807) is 0 Å². The smallest absolute Gasteiger partial charge is 0.320 e. The molecule has 1 N–H and O–H groups in total. The number of hydrogen-bond donors (Lipinski definition) is 1. The first-order valence-corrected chi connectivity index (χ1v) is 7.93. The van der Waals surface area contributed by atoms with Gasteiger partial charge in [-0.2, -0.15) is 0 Å². The molecule has 1 amide bonds. The number of carboxylic acid groups (broad SMARTS) is 1. The Labute approximate surface area is 120 Å². The van der Waals surface area contributed by atoms with Crippen LogP contribution in [0.2, 0.25) is 0 Å². The van der Waals surface area contributed by atoms with Gasteiger partial charge in [0, 0.05) is 13.1 Å². The predicted molar refractivity (Wildman–Crippen MR) is 76.5 cm³/mol. The van der Waals surface area contributed by atoms with Gasteiger partial charge in [0.25, 0.3) is 0 Å². The Bertz CT molecular complexity index is 338. The van der Waals surface area contributed by atoms with Crippen molar-refractivity contribution in [2.24, 2.45) is 0 Å². The first-order valence-electron chi connectivity index (χ1n) is 7.93. The third-order valence-electron chi connectivity index (χ3n) is 4.45. The van der Waals surface area contributed by atoms with Gasteiger partial charge in [-0.1, -0.05) is 25.7 Å². The van der Waals surface area contributed by atoms with E-state index in [0.29, 0.717) is 6.42 Å². The fraction of sp³-hybridized carbons (Fsp3) is 0.867. The second-order valence-electron chi connectivity index (χ2n) is 5.97. The molecule has 0 radical (unpaired) electrons. The van der Waals surface area contributed by atoms with Crippen LogP contribution in [-0.4, -0.2) is 59.0 Å². The Morgan fingerprint density at radius 3 is 2.15 bits per heavy atom. The van der Waals surface area contributed by atoms with Crippen molar-refractivity contribution in [2.75, 3.05) is 26.2 Å². The molecular weight excluding hydrogens is 256 g/mol. The van der Waals surface area contributed by atoms with Crippen LogP contribution in [0.4, 0.5) is 0 Å². The molecule has 0 saturated carbocycles. The predicted octanol–water partition coefficient (Wildman–Crippen LogP) is 1.72. The van der Waals surface area contributed by atoms with E-state index in [9.17, 15) is 14.7 Å². The highest BCUT2D eigenvalue weighted by atomic mass is 16.4. The van der Waals surface area contributed by atoms with Gasteiger partial charge in [0.05, 0.1) is 6.54 Å². The van der Waals surface area contributed by atoms with Gasteiger partial charge in [0.1, 0.15) is 6.04 Å². The second-order valence-corrected chi connectivity index (χ2v) is 5.97. The van der Waals surface area contributed by atoms with Crippen molar-refractivity contribution in [3.8, 4) is 0 Å². The highest BCUT2D eigenvalue weighted by Crippen LogP contribution is 2.18. The standard InChI is InChI=1S/C15H26N2O3/c18-14(16-9-5-1-2-6-10-16)12-17-11-7-3-4-8-13(17)15(19)20/h13H,1-12H2,(H,19,20). The van der Waals surface area contributed by atoms with E-state index >= 15 is 0 Å². The lowest BCUT2D eigenvalue weighted by atomic mass is 10.1. The van der Waals surface area contributed by atoms with Crippen LogP contribution < -0.4 is 0 Å². The minimum absolute atomic E-state index is 0.111. The lowest BCUT2D eigenvalue weighted by Crippen LogP contribution is -2.47. The molecule has 5 heteroatoms. The number of aliphatic carboxylic acids is 1. The van der Waals surface area contributed by atoms with E-state index in [1.807, 2.05) is 9.80 Å². The fourth-order valence-electron chi connectivity index (χ4n) is 3.23. The first-order chi connectivity index (χ1) is 9.68. The lowest BCUT2D eigenvalue weighted by Gasteiger charge is -2.29. The Morgan fingerprint density at radius 2 is 1.50 bits per heavy atom. The van der Waals surface area contributed by atoms with Gasteiger partial charge < -0.3 is 10.0 Å². The molecule has 114 valence electrons. The van der Waals surface area contributed by atoms with Crippen molar-refractivity contribution in [3.63, 3.8) is 0 Å². The molecule has 2 aliphatic heterocycles. The summed E-state index contributed by atoms with van der Waals surface area (Å²) in [6.07, 6.45) is 8.24. The third kappa shape index (κ3) is 4.20. The number of likely N-dealkylation sites (tertiary alicyclic amines) is 2. The summed E-state index contributed by atoms with van der Waals surface area (Å²) in [5.41, 5.74) is 0. The SMILES string of the molecule is O=C(O)C1CCCCCN1CC(=O)N1CCCCCC1. The van der Waals surface area contributed by atoms with Crippen LogP contribution >= 0.6 is 0 Å². The molecule has 0 bridgehead atoms. The number of carboxylic acids is 1. The van der Waals surface area contributed by atoms with Gasteiger partial charge in [0.2, 0.25) is 5.91 Å². The summed E-state index contributed by atoms with van der Waals surface area (Å²) in [5, 5.41) is 9.34. The second kappa shape index (κ2) is 7.62. The van der Waals surface area contributed by atoms with E-state index in [0.717, 1.165) is 51.7 Å². The van der Waals surface area contributed by atoms with E-state index in [2.05, 4.69) is 0 Å². The minimum Gasteiger partial charge on any atom is -0.480 e. The quantitative estimate of drug-likeness (QED) is 0.856. The summed E-state index contributed by atoms with van der Waals surface area (Å²) in [4.78, 5) is 27.6. The number of amides is 1. The average molecular weight is 282 g/mol. The van der Waals surface area contributed by atoms with Crippen LogP contribution in [0.15, 0.2) is 0 Å². The zero-order chi connectivity index (χ0) is 14.4. The summed E-state index contributed by atoms with van der Waals surface area (Å²) in [7, 11) is 0. The largest absolute Gasteiger partial charge is 0.480 e. The third-order valence-corrected chi connectivity index (χ3v) is 4.45. The Hall–Kier alpha value is -1.10. The van der Waals surface area contributed by atoms with Gasteiger partial charge in [-0.25, -0.2) is 0 Å². The van der Waals surface area contributed by atoms with Crippen LogP contribution in [0, 0.1) is 0 Å². The van der Waals surface area contributed by atoms with Crippen molar-refractivity contribution >= 4 is 11.9 Å². The van der Waals surface area contributed by atoms with E-state index in [4.69, 9.17) is 0 Å². The lowest BCUT2D eigenvalue weighted by molar-refractivity contribution is -0.145. The van der Waals surface area contributed by atoms with Crippen molar-refractivity contribution in [1.82, 2.24) is 9.80 Å². The zero-order valence-electron chi connectivity index (χ0n) is 12.2. The van der Waals surface area contributed by atoms with Crippen LogP contribution in [0.1, 0.15) is 51.4 Å². The molecule has 2 fully saturated rings. The molecule has 0 aromatic heterocycles. The summed E-state index contributed by atoms with van der Waals surface area (Å²) < 4.78 is 0. The summed E-state index contributed by atoms with van der Waals surface area (Å²) in [6, 6.07) is -0.478. The van der Waals surface area contributed by atoms with Gasteiger partial charge in [0.15, 0.2) is 0 Å². The van der Waals surface area contributed by atoms with Crippen LogP contribution in [-0.2, 0) is 9.59 Å². The summed E-state index contributed by atoms with van der Waals surface area (Å²) in [6.45, 7) is 2.68. The van der Waals surface area contributed by atoms with Gasteiger partial charge in [-0.05, 0) is 32.2 Å². The summed E-state index contributed by atoms with van der Waals surface area (Å²) >= 11 is 0. The number of carbonyl (C=O) groups excluding carboxylic acids is 1. The Balaban J connectivity index is 1.94. The number of carbonyl (C=O) groups is 2. The maximum Gasteiger partial charge on any atom is 0.320 e. The number of rotatable bonds is 3. The molecule has 2 saturated heterocycles. The van der Waals surface area contributed by atoms with Crippen LogP contribution in [0.5, 0.6) is 0 Å². The van der Waals surface area contributed by atoms with Crippen molar-refractivity contribution in [3.05, 3.63) is 0 Å². The van der Waals surface area contributed by atoms with Gasteiger partial charge in [-0.15, -0.1) is 0 Å². The molecular formula is C15H26N2O3. The first kappa shape index (κ1) is 15.3. The molecule has 2 aliphatic rings. The number of nitrogens with zero attached hydrogens (tertiary/aromatic N) is 2. The monoisotopic (exact) mass is 282 g/mol. The molecule has 0 spiro atoms. The van der Waals surface area contributed by atoms with E-state index in [1.165, 1.54) is 12.8 Å². The van der Waals surface area contributed by atoms with Crippen molar-refractivity contribution < 1.29 is 14.7 Å². The highest BCUT2D eigenvalue weighted by Gasteiger charge is 2.29. The van der Waals surface area contributed by atoms with Gasteiger partial charge >= 0.3 is 5.97 Å². The molecule has 0 aliphatic carbocycles. The fourth-order valence-corrected chi connectivity index (χ4v) is 3.23. The minimum atomic E-state index is -0.782. The van der Waals surface area contributed by atoms with Crippen molar-refractivity contribution in [2.45, 2.75) is 57.4 Å². The van der Waals surface area contributed by atoms with Crippen molar-refractivity contribution in [1.29, 1.82) is 0 Å². The Kier molecular flexibility index (Phi) is 5.83. The highest BCUT2D eigenvalue weighted by molar-refractivity contribution is 5.80. The summed E-state index contributed by atoms with van der Waals surface area (Å²) in [5.74, 6) is -0.671. The Morgan fingerprint density at radius 1 is 0.900 bits per heavy atom. The number of hydrogen-bond acceptors (Lipinski definition) is 3. The topological polar surface area (TPSA) is 60.9 Å². The maximum atomic E-state index is 12.4. The molecule has 5 nitrogen and oxygen atoms in total. The zero-order valence-corrected chi connectivity index (χ0v) is 12.2. The molecule has 0 aromatic rings. The average Bonchev–Trinajstić information content (AvgIpc) is 2.80. The molecule has 0 aromatic carbocycles. The molecule has 1 atom stereocenters. The van der Waals surface area contributed by atoms with E-state index in [-0.39, 0.29) is 12.5 Å². The molecule has 2 rings (SSSR count). The molecule has 20 heavy (non-hydrogen) atoms. The normalized spacial score (nSPS) is 25.8. The van der Waals surface area contributed by atoms with Crippen LogP contribution in [0.25, 0.3) is 0 Å². The van der Waals surface area contributed by atoms with E-state index < -0.39 is 12.0 Å². The van der Waals surface area contributed by atoms with Crippen LogP contribution in [0.3, 0.4) is 0 Å². The maximum absolute atomic E-state index is 12.4. The molecule has 2 heterocycles.